The Kier molecular flexibility index (Phi) is 13.2. The van der Waals surface area contributed by atoms with Crippen LogP contribution in [0.25, 0.3) is 33.8 Å². The van der Waals surface area contributed by atoms with Crippen molar-refractivity contribution in [3.8, 4) is 28.5 Å². The fraction of sp³-hybridized carbons (Fsp3) is 0.444. The third kappa shape index (κ3) is 9.47. The molecule has 3 aromatic heterocycles. The molecule has 4 rings (SSSR count). The summed E-state index contributed by atoms with van der Waals surface area (Å²) in [7, 11) is 0. The number of rotatable bonds is 14. The van der Waals surface area contributed by atoms with E-state index < -0.39 is 43.2 Å². The molecule has 0 unspecified atom stereocenters. The predicted octanol–water partition coefficient (Wildman–Crippen LogP) is 0.831. The molecule has 47 heavy (non-hydrogen) atoms. The number of fused-ring (bicyclic) bond motifs is 1. The van der Waals surface area contributed by atoms with Crippen molar-refractivity contribution in [3.05, 3.63) is 35.5 Å². The first-order valence-corrected chi connectivity index (χ1v) is 14.3. The van der Waals surface area contributed by atoms with E-state index in [0.29, 0.717) is 58.5 Å². The molecule has 1 aromatic carbocycles. The van der Waals surface area contributed by atoms with E-state index in [2.05, 4.69) is 20.6 Å². The van der Waals surface area contributed by atoms with Crippen molar-refractivity contribution >= 4 is 34.4 Å². The summed E-state index contributed by atoms with van der Waals surface area (Å²) in [4.78, 5) is 18.3. The largest absolute Gasteiger partial charge is 0.490 e. The molecule has 0 aliphatic heterocycles. The maximum atomic E-state index is 10.6. The van der Waals surface area contributed by atoms with Crippen molar-refractivity contribution in [2.45, 2.75) is 50.5 Å². The lowest BCUT2D eigenvalue weighted by atomic mass is 10.0. The van der Waals surface area contributed by atoms with Gasteiger partial charge in [0, 0.05) is 23.7 Å². The Morgan fingerprint density at radius 2 is 1.83 bits per heavy atom. The van der Waals surface area contributed by atoms with Crippen molar-refractivity contribution in [3.63, 3.8) is 0 Å². The van der Waals surface area contributed by atoms with Gasteiger partial charge in [-0.2, -0.15) is 13.2 Å². The van der Waals surface area contributed by atoms with Gasteiger partial charge in [-0.3, -0.25) is 0 Å². The summed E-state index contributed by atoms with van der Waals surface area (Å²) in [5.41, 5.74) is 8.85. The zero-order chi connectivity index (χ0) is 34.9. The fourth-order valence-corrected chi connectivity index (χ4v) is 4.41. The lowest BCUT2D eigenvalue weighted by Gasteiger charge is -2.25. The number of halogens is 4. The Bertz CT molecular complexity index is 1620. The standard InChI is InChI=1S/C25H32ClN7O7.C2HF3O2/c1-2-33-21-17(39-8-4-7-28-10-15(35)22(37)23(38)16(36)12-34)11-29-18(13-5-3-6-14(26)9-13)19(21)30-25(33)20-24(27)32-40-31-20;3-2(4,5)1(6)7/h3,5-6,9,11,15-16,22-23,28,34-38H,2,4,7-8,10,12H2,1H3,(H2,27,32);(H,6,7)/t15-,16+,22+,23+;/m0./s1. The summed E-state index contributed by atoms with van der Waals surface area (Å²) < 4.78 is 44.5. The molecule has 0 aliphatic carbocycles. The molecule has 0 saturated heterocycles. The first-order chi connectivity index (χ1) is 22.2. The average Bonchev–Trinajstić information content (AvgIpc) is 3.64. The van der Waals surface area contributed by atoms with Crippen LogP contribution in [0.1, 0.15) is 13.3 Å². The van der Waals surface area contributed by atoms with E-state index in [-0.39, 0.29) is 19.0 Å². The molecular formula is C27H33ClF3N7O9. The normalized spacial score (nSPS) is 14.3. The first-order valence-electron chi connectivity index (χ1n) is 13.9. The number of carboxylic acids is 1. The highest BCUT2D eigenvalue weighted by Gasteiger charge is 2.38. The van der Waals surface area contributed by atoms with Crippen molar-refractivity contribution in [2.75, 3.05) is 32.0 Å². The van der Waals surface area contributed by atoms with Gasteiger partial charge in [0.05, 0.1) is 31.2 Å². The highest BCUT2D eigenvalue weighted by atomic mass is 35.5. The number of imidazole rings is 1. The number of aromatic nitrogens is 5. The quantitative estimate of drug-likeness (QED) is 0.0852. The van der Waals surface area contributed by atoms with Gasteiger partial charge in [0.2, 0.25) is 0 Å². The second-order valence-electron chi connectivity index (χ2n) is 9.86. The predicted molar refractivity (Wildman–Crippen MR) is 159 cm³/mol. The van der Waals surface area contributed by atoms with Crippen molar-refractivity contribution in [2.24, 2.45) is 0 Å². The van der Waals surface area contributed by atoms with Gasteiger partial charge >= 0.3 is 12.1 Å². The highest BCUT2D eigenvalue weighted by molar-refractivity contribution is 6.30. The maximum absolute atomic E-state index is 10.6. The van der Waals surface area contributed by atoms with Gasteiger partial charge in [0.1, 0.15) is 29.3 Å². The Hall–Kier alpha value is -4.11. The van der Waals surface area contributed by atoms with Crippen LogP contribution in [-0.4, -0.2) is 118 Å². The van der Waals surface area contributed by atoms with Crippen LogP contribution in [-0.2, 0) is 11.3 Å². The molecular weight excluding hydrogens is 659 g/mol. The second kappa shape index (κ2) is 16.6. The highest BCUT2D eigenvalue weighted by Crippen LogP contribution is 2.37. The molecule has 0 radical (unpaired) electrons. The van der Waals surface area contributed by atoms with Gasteiger partial charge in [-0.15, -0.1) is 0 Å². The molecule has 16 nitrogen and oxygen atoms in total. The second-order valence-corrected chi connectivity index (χ2v) is 10.3. The number of nitrogen functional groups attached to an aromatic ring is 1. The smallest absolute Gasteiger partial charge is 0.490 e. The zero-order valence-electron chi connectivity index (χ0n) is 24.7. The van der Waals surface area contributed by atoms with Gasteiger partial charge in [0.15, 0.2) is 23.1 Å². The molecule has 0 aliphatic rings. The van der Waals surface area contributed by atoms with Crippen molar-refractivity contribution < 1.29 is 58.0 Å². The molecule has 9 N–H and O–H groups in total. The Labute approximate surface area is 269 Å². The van der Waals surface area contributed by atoms with E-state index in [1.165, 1.54) is 0 Å². The monoisotopic (exact) mass is 691 g/mol. The summed E-state index contributed by atoms with van der Waals surface area (Å²) in [6.45, 7) is 2.36. The number of pyridine rings is 1. The lowest BCUT2D eigenvalue weighted by Crippen LogP contribution is -2.49. The third-order valence-corrected chi connectivity index (χ3v) is 6.79. The van der Waals surface area contributed by atoms with Crippen LogP contribution >= 0.6 is 11.6 Å². The van der Waals surface area contributed by atoms with Crippen LogP contribution in [0.4, 0.5) is 19.0 Å². The third-order valence-electron chi connectivity index (χ3n) is 6.55. The van der Waals surface area contributed by atoms with E-state index in [4.69, 9.17) is 46.7 Å². The minimum Gasteiger partial charge on any atom is -0.490 e. The van der Waals surface area contributed by atoms with E-state index in [1.54, 1.807) is 18.3 Å². The van der Waals surface area contributed by atoms with Crippen molar-refractivity contribution in [1.29, 1.82) is 0 Å². The van der Waals surface area contributed by atoms with Crippen LogP contribution in [0.5, 0.6) is 5.75 Å². The Morgan fingerprint density at radius 3 is 2.40 bits per heavy atom. The molecule has 0 fully saturated rings. The number of aliphatic hydroxyl groups excluding tert-OH is 5. The molecule has 0 bridgehead atoms. The number of nitrogens with two attached hydrogens (primary N) is 1. The topological polar surface area (TPSA) is 255 Å². The maximum Gasteiger partial charge on any atom is 0.490 e. The first kappa shape index (κ1) is 37.3. The number of aliphatic carboxylic acids is 1. The lowest BCUT2D eigenvalue weighted by molar-refractivity contribution is -0.192. The number of hydrogen-bond donors (Lipinski definition) is 8. The molecule has 4 aromatic rings. The number of carbonyl (C=O) groups is 1. The van der Waals surface area contributed by atoms with E-state index in [1.807, 2.05) is 23.6 Å². The van der Waals surface area contributed by atoms with Crippen LogP contribution < -0.4 is 15.8 Å². The molecule has 4 atom stereocenters. The number of ether oxygens (including phenoxy) is 1. The van der Waals surface area contributed by atoms with Crippen LogP contribution in [0.15, 0.2) is 35.1 Å². The average molecular weight is 692 g/mol. The Morgan fingerprint density at radius 1 is 1.15 bits per heavy atom. The van der Waals surface area contributed by atoms with Gasteiger partial charge < -0.3 is 51.0 Å². The summed E-state index contributed by atoms with van der Waals surface area (Å²) in [5.74, 6) is -1.73. The number of aliphatic hydroxyl groups is 5. The molecule has 0 spiro atoms. The number of nitrogens with zero attached hydrogens (tertiary/aromatic N) is 5. The van der Waals surface area contributed by atoms with Crippen LogP contribution in [0.3, 0.4) is 0 Å². The SMILES string of the molecule is CCn1c(-c2nonc2N)nc2c(-c3cccc(Cl)c3)ncc(OCCCNC[C@H](O)[C@@H](O)[C@H](O)[C@H](O)CO)c21.O=C(O)C(F)(F)F. The van der Waals surface area contributed by atoms with Gasteiger partial charge in [0.25, 0.3) is 0 Å². The van der Waals surface area contributed by atoms with E-state index in [9.17, 15) is 33.6 Å². The van der Waals surface area contributed by atoms with Crippen LogP contribution in [0, 0.1) is 0 Å². The van der Waals surface area contributed by atoms with Gasteiger partial charge in [-0.25, -0.2) is 19.4 Å². The summed E-state index contributed by atoms with van der Waals surface area (Å²) >= 11 is 6.23. The van der Waals surface area contributed by atoms with Crippen molar-refractivity contribution in [1.82, 2.24) is 30.2 Å². The minimum absolute atomic E-state index is 0.0460. The number of hydrogen-bond acceptors (Lipinski definition) is 14. The fourth-order valence-electron chi connectivity index (χ4n) is 4.22. The number of carboxylic acid groups (broad SMARTS) is 1. The molecule has 3 heterocycles. The van der Waals surface area contributed by atoms with E-state index >= 15 is 0 Å². The van der Waals surface area contributed by atoms with Gasteiger partial charge in [-0.1, -0.05) is 23.7 Å². The summed E-state index contributed by atoms with van der Waals surface area (Å²) in [6.07, 6.45) is -9.15. The summed E-state index contributed by atoms with van der Waals surface area (Å²) in [5, 5.41) is 66.2. The Balaban J connectivity index is 0.000000771. The number of anilines is 1. The number of benzene rings is 1. The number of alkyl halides is 3. The van der Waals surface area contributed by atoms with Crippen LogP contribution in [0.2, 0.25) is 5.02 Å². The van der Waals surface area contributed by atoms with Gasteiger partial charge in [-0.05, 0) is 42.3 Å². The summed E-state index contributed by atoms with van der Waals surface area (Å²) in [6, 6.07) is 7.27. The molecule has 20 heteroatoms. The minimum atomic E-state index is -5.08. The van der Waals surface area contributed by atoms with E-state index in [0.717, 1.165) is 5.56 Å². The molecule has 0 amide bonds. The molecule has 0 saturated carbocycles. The number of aryl methyl sites for hydroxylation is 1. The number of nitrogens with one attached hydrogen (secondary N) is 1. The molecule has 258 valence electrons. The zero-order valence-corrected chi connectivity index (χ0v) is 25.4.